The molecular weight excluding hydrogens is 378 g/mol. The van der Waals surface area contributed by atoms with E-state index in [9.17, 15) is 10.1 Å². The standard InChI is InChI=1S/C18H17N7O2S/c1-10-5-6-11(8-15(10)25(26)27)14-9-28-16(23-14)12-3-2-4-13(7-12)22-18(21)24-17(19)20/h2-9H,1H3,(H6,19,20,21,22,24). The minimum absolute atomic E-state index is 0.0519. The average molecular weight is 395 g/mol. The lowest BCUT2D eigenvalue weighted by Gasteiger charge is -2.01. The Morgan fingerprint density at radius 2 is 1.93 bits per heavy atom. The summed E-state index contributed by atoms with van der Waals surface area (Å²) in [6, 6.07) is 12.3. The lowest BCUT2D eigenvalue weighted by molar-refractivity contribution is -0.385. The third-order valence-electron chi connectivity index (χ3n) is 3.79. The summed E-state index contributed by atoms with van der Waals surface area (Å²) < 4.78 is 0. The second-order valence-electron chi connectivity index (χ2n) is 5.85. The largest absolute Gasteiger partial charge is 0.370 e. The number of nitrogens with zero attached hydrogens (tertiary/aromatic N) is 4. The van der Waals surface area contributed by atoms with E-state index in [1.54, 1.807) is 25.1 Å². The summed E-state index contributed by atoms with van der Waals surface area (Å²) in [5.74, 6) is -0.224. The van der Waals surface area contributed by atoms with Gasteiger partial charge in [0.1, 0.15) is 5.01 Å². The predicted octanol–water partition coefficient (Wildman–Crippen LogP) is 2.91. The number of benzene rings is 2. The molecule has 28 heavy (non-hydrogen) atoms. The summed E-state index contributed by atoms with van der Waals surface area (Å²) in [7, 11) is 0. The maximum Gasteiger partial charge on any atom is 0.272 e. The van der Waals surface area contributed by atoms with Crippen molar-refractivity contribution in [2.75, 3.05) is 0 Å². The summed E-state index contributed by atoms with van der Waals surface area (Å²) in [6.45, 7) is 1.70. The van der Waals surface area contributed by atoms with E-state index in [-0.39, 0.29) is 17.6 Å². The molecule has 1 heterocycles. The molecule has 2 aromatic carbocycles. The Labute approximate surface area is 164 Å². The summed E-state index contributed by atoms with van der Waals surface area (Å²) in [5, 5.41) is 13.8. The average Bonchev–Trinajstić information content (AvgIpc) is 3.11. The zero-order valence-electron chi connectivity index (χ0n) is 14.9. The molecule has 9 nitrogen and oxygen atoms in total. The number of aliphatic imine (C=N–C) groups is 2. The molecule has 0 amide bonds. The van der Waals surface area contributed by atoms with Gasteiger partial charge in [0.05, 0.1) is 16.3 Å². The molecule has 6 N–H and O–H groups in total. The molecule has 0 saturated carbocycles. The number of hydrogen-bond donors (Lipinski definition) is 3. The quantitative estimate of drug-likeness (QED) is 0.266. The van der Waals surface area contributed by atoms with Gasteiger partial charge < -0.3 is 17.2 Å². The fraction of sp³-hybridized carbons (Fsp3) is 0.0556. The Hall–Kier alpha value is -3.79. The fourth-order valence-electron chi connectivity index (χ4n) is 2.50. The van der Waals surface area contributed by atoms with Gasteiger partial charge in [0.2, 0.25) is 5.96 Å². The third kappa shape index (κ3) is 4.30. The highest BCUT2D eigenvalue weighted by Gasteiger charge is 2.14. The first-order valence-electron chi connectivity index (χ1n) is 8.08. The molecule has 10 heteroatoms. The van der Waals surface area contributed by atoms with Crippen LogP contribution in [0.5, 0.6) is 0 Å². The van der Waals surface area contributed by atoms with Crippen LogP contribution in [0, 0.1) is 17.0 Å². The van der Waals surface area contributed by atoms with E-state index in [1.165, 1.54) is 17.4 Å². The Balaban J connectivity index is 1.93. The Bertz CT molecular complexity index is 1100. The van der Waals surface area contributed by atoms with E-state index in [1.807, 2.05) is 23.6 Å². The first-order chi connectivity index (χ1) is 13.3. The van der Waals surface area contributed by atoms with Gasteiger partial charge in [-0.1, -0.05) is 24.3 Å². The normalized spacial score (nSPS) is 11.2. The van der Waals surface area contributed by atoms with Gasteiger partial charge in [0.25, 0.3) is 5.69 Å². The van der Waals surface area contributed by atoms with Crippen LogP contribution in [0.4, 0.5) is 11.4 Å². The van der Waals surface area contributed by atoms with Gasteiger partial charge >= 0.3 is 0 Å². The first-order valence-corrected chi connectivity index (χ1v) is 8.96. The molecule has 0 aliphatic rings. The number of nitro groups is 1. The van der Waals surface area contributed by atoms with Crippen molar-refractivity contribution in [2.45, 2.75) is 6.92 Å². The van der Waals surface area contributed by atoms with Crippen LogP contribution in [0.2, 0.25) is 0 Å². The van der Waals surface area contributed by atoms with Gasteiger partial charge in [0, 0.05) is 28.1 Å². The highest BCUT2D eigenvalue weighted by molar-refractivity contribution is 7.13. The molecule has 0 aliphatic carbocycles. The van der Waals surface area contributed by atoms with Crippen LogP contribution in [0.25, 0.3) is 21.8 Å². The van der Waals surface area contributed by atoms with E-state index < -0.39 is 4.92 Å². The van der Waals surface area contributed by atoms with Crippen LogP contribution in [0.15, 0.2) is 57.8 Å². The lowest BCUT2D eigenvalue weighted by Crippen LogP contribution is -2.26. The van der Waals surface area contributed by atoms with Crippen LogP contribution in [0.3, 0.4) is 0 Å². The highest BCUT2D eigenvalue weighted by atomic mass is 32.1. The number of hydrogen-bond acceptors (Lipinski definition) is 5. The van der Waals surface area contributed by atoms with Crippen molar-refractivity contribution in [3.05, 3.63) is 63.5 Å². The topological polar surface area (TPSA) is 159 Å². The van der Waals surface area contributed by atoms with E-state index in [0.717, 1.165) is 10.6 Å². The maximum atomic E-state index is 11.2. The fourth-order valence-corrected chi connectivity index (χ4v) is 3.33. The zero-order valence-corrected chi connectivity index (χ0v) is 15.7. The number of nitro benzene ring substituents is 1. The van der Waals surface area contributed by atoms with Crippen molar-refractivity contribution >= 4 is 34.6 Å². The van der Waals surface area contributed by atoms with Crippen LogP contribution in [0.1, 0.15) is 5.56 Å². The summed E-state index contributed by atoms with van der Waals surface area (Å²) in [5.41, 5.74) is 19.6. The molecule has 0 radical (unpaired) electrons. The van der Waals surface area contributed by atoms with Gasteiger partial charge in [0.15, 0.2) is 5.96 Å². The molecule has 0 aliphatic heterocycles. The van der Waals surface area contributed by atoms with Crippen molar-refractivity contribution in [1.82, 2.24) is 4.98 Å². The monoisotopic (exact) mass is 395 g/mol. The van der Waals surface area contributed by atoms with Crippen molar-refractivity contribution < 1.29 is 4.92 Å². The van der Waals surface area contributed by atoms with Crippen molar-refractivity contribution in [3.63, 3.8) is 0 Å². The number of aryl methyl sites for hydroxylation is 1. The van der Waals surface area contributed by atoms with E-state index in [4.69, 9.17) is 17.2 Å². The van der Waals surface area contributed by atoms with Crippen molar-refractivity contribution in [2.24, 2.45) is 27.2 Å². The molecule has 1 aromatic heterocycles. The molecule has 0 fully saturated rings. The minimum atomic E-state index is -0.394. The zero-order chi connectivity index (χ0) is 20.3. The molecule has 0 spiro atoms. The predicted molar refractivity (Wildman–Crippen MR) is 111 cm³/mol. The SMILES string of the molecule is Cc1ccc(-c2csc(-c3cccc(N=C(N)N=C(N)N)c3)n2)cc1[N+](=O)[O-]. The molecule has 142 valence electrons. The highest BCUT2D eigenvalue weighted by Crippen LogP contribution is 2.32. The van der Waals surface area contributed by atoms with Crippen LogP contribution >= 0.6 is 11.3 Å². The van der Waals surface area contributed by atoms with E-state index in [0.29, 0.717) is 22.5 Å². The molecule has 0 bridgehead atoms. The lowest BCUT2D eigenvalue weighted by atomic mass is 10.1. The smallest absolute Gasteiger partial charge is 0.272 e. The molecule has 0 saturated heterocycles. The van der Waals surface area contributed by atoms with Gasteiger partial charge in [-0.3, -0.25) is 10.1 Å². The van der Waals surface area contributed by atoms with Crippen LogP contribution in [-0.2, 0) is 0 Å². The van der Waals surface area contributed by atoms with Gasteiger partial charge in [-0.2, -0.15) is 4.99 Å². The molecule has 0 atom stereocenters. The van der Waals surface area contributed by atoms with Crippen LogP contribution < -0.4 is 17.2 Å². The number of aromatic nitrogens is 1. The van der Waals surface area contributed by atoms with Gasteiger partial charge in [-0.15, -0.1) is 11.3 Å². The van der Waals surface area contributed by atoms with E-state index >= 15 is 0 Å². The summed E-state index contributed by atoms with van der Waals surface area (Å²) in [6.07, 6.45) is 0. The Morgan fingerprint density at radius 3 is 2.64 bits per heavy atom. The molecule has 3 rings (SSSR count). The third-order valence-corrected chi connectivity index (χ3v) is 4.68. The van der Waals surface area contributed by atoms with Gasteiger partial charge in [-0.25, -0.2) is 9.98 Å². The molecular formula is C18H17N7O2S. The minimum Gasteiger partial charge on any atom is -0.370 e. The second-order valence-corrected chi connectivity index (χ2v) is 6.71. The maximum absolute atomic E-state index is 11.2. The Kier molecular flexibility index (Phi) is 5.32. The first kappa shape index (κ1) is 19.0. The van der Waals surface area contributed by atoms with Gasteiger partial charge in [-0.05, 0) is 19.1 Å². The number of nitrogens with two attached hydrogens (primary N) is 3. The van der Waals surface area contributed by atoms with Crippen molar-refractivity contribution in [1.29, 1.82) is 0 Å². The number of guanidine groups is 2. The number of thiazole rings is 1. The summed E-state index contributed by atoms with van der Waals surface area (Å²) in [4.78, 5) is 23.2. The number of rotatable bonds is 4. The second kappa shape index (κ2) is 7.84. The van der Waals surface area contributed by atoms with Crippen molar-refractivity contribution in [3.8, 4) is 21.8 Å². The molecule has 3 aromatic rings. The van der Waals surface area contributed by atoms with E-state index in [2.05, 4.69) is 15.0 Å². The Morgan fingerprint density at radius 1 is 1.14 bits per heavy atom. The molecule has 0 unspecified atom stereocenters. The van der Waals surface area contributed by atoms with Crippen LogP contribution in [-0.4, -0.2) is 21.8 Å². The summed E-state index contributed by atoms with van der Waals surface area (Å²) >= 11 is 1.43.